The van der Waals surface area contributed by atoms with Gasteiger partial charge in [0.15, 0.2) is 23.3 Å². The van der Waals surface area contributed by atoms with Crippen LogP contribution in [0.1, 0.15) is 11.5 Å². The van der Waals surface area contributed by atoms with Crippen molar-refractivity contribution in [3.8, 4) is 130 Å². The molecule has 0 saturated carbocycles. The van der Waals surface area contributed by atoms with Crippen LogP contribution < -0.4 is 4.90 Å². The Morgan fingerprint density at radius 1 is 0.203 bits per heavy atom. The molecule has 0 amide bonds. The molecular formula is C108H70N10. The van der Waals surface area contributed by atoms with Crippen molar-refractivity contribution in [3.05, 3.63) is 418 Å². The third-order valence-electron chi connectivity index (χ3n) is 23.8. The Hall–Kier alpha value is -15.8. The van der Waals surface area contributed by atoms with E-state index in [9.17, 15) is 0 Å². The van der Waals surface area contributed by atoms with Gasteiger partial charge in [-0.1, -0.05) is 364 Å². The molecule has 0 spiro atoms. The SMILES string of the molecule is C1=CC2c3ccc4c5ccccc5n(-c5ccc(-c6ccccc6)cc5)c4c3N(c3nc(-c4ccccc4)nc(-c4ccc(-c5cccc(-c6ccc(-c7ccc(-n8c9ccccc9c9ccc%10c%11ccccc%11n(-c%11nc(-c%12ccc(-c%13ccccc%13)cc%12)nc(-c%12ccc(-c%13ccccc%13)cc%12)n%11)c%10c98)cc7)cc6)c5)cc4)n3)C2C=C1. The molecule has 10 nitrogen and oxygen atoms in total. The smallest absolute Gasteiger partial charge is 0.238 e. The van der Waals surface area contributed by atoms with Crippen LogP contribution in [0, 0.1) is 0 Å². The summed E-state index contributed by atoms with van der Waals surface area (Å²) in [6, 6.07) is 139. The summed E-state index contributed by atoms with van der Waals surface area (Å²) in [6.45, 7) is 0. The molecule has 0 fully saturated rings. The maximum Gasteiger partial charge on any atom is 0.238 e. The number of hydrogen-bond donors (Lipinski definition) is 0. The van der Waals surface area contributed by atoms with E-state index in [2.05, 4.69) is 401 Å². The first-order valence-corrected chi connectivity index (χ1v) is 40.1. The van der Waals surface area contributed by atoms with Gasteiger partial charge in [-0.2, -0.15) is 19.9 Å². The highest BCUT2D eigenvalue weighted by molar-refractivity contribution is 6.24. The van der Waals surface area contributed by atoms with Crippen molar-refractivity contribution < 1.29 is 0 Å². The average Bonchev–Trinajstić information content (AvgIpc) is 1.55. The van der Waals surface area contributed by atoms with Crippen LogP contribution in [-0.2, 0) is 0 Å². The number of fused-ring (bicyclic) bond motifs is 14. The van der Waals surface area contributed by atoms with Gasteiger partial charge in [0.1, 0.15) is 0 Å². The van der Waals surface area contributed by atoms with E-state index >= 15 is 0 Å². The second-order valence-corrected chi connectivity index (χ2v) is 30.5. The van der Waals surface area contributed by atoms with Gasteiger partial charge in [-0.05, 0) is 121 Å². The van der Waals surface area contributed by atoms with Crippen molar-refractivity contribution in [3.63, 3.8) is 0 Å². The summed E-state index contributed by atoms with van der Waals surface area (Å²) in [6.07, 6.45) is 8.96. The van der Waals surface area contributed by atoms with E-state index in [4.69, 9.17) is 29.9 Å². The summed E-state index contributed by atoms with van der Waals surface area (Å²) >= 11 is 0. The average molecular weight is 1510 g/mol. The van der Waals surface area contributed by atoms with Gasteiger partial charge in [0.2, 0.25) is 11.9 Å². The number of hydrogen-bond acceptors (Lipinski definition) is 7. The summed E-state index contributed by atoms with van der Waals surface area (Å²) in [5.74, 6) is 3.56. The highest BCUT2D eigenvalue weighted by Gasteiger charge is 2.42. The Morgan fingerprint density at radius 2 is 0.500 bits per heavy atom. The lowest BCUT2D eigenvalue weighted by atomic mass is 9.91. The number of para-hydroxylation sites is 3. The van der Waals surface area contributed by atoms with Crippen LogP contribution in [0.15, 0.2) is 413 Å². The van der Waals surface area contributed by atoms with Crippen molar-refractivity contribution in [1.29, 1.82) is 0 Å². The van der Waals surface area contributed by atoms with Gasteiger partial charge in [-0.15, -0.1) is 0 Å². The third kappa shape index (κ3) is 11.6. The van der Waals surface area contributed by atoms with Crippen LogP contribution in [0.5, 0.6) is 0 Å². The van der Waals surface area contributed by atoms with Gasteiger partial charge in [-0.3, -0.25) is 4.57 Å². The fourth-order valence-corrected chi connectivity index (χ4v) is 18.0. The molecule has 21 aromatic rings. The number of allylic oxidation sites excluding steroid dienone is 2. The second-order valence-electron chi connectivity index (χ2n) is 30.5. The van der Waals surface area contributed by atoms with E-state index in [-0.39, 0.29) is 12.0 Å². The van der Waals surface area contributed by atoms with E-state index in [0.717, 1.165) is 150 Å². The molecule has 23 rings (SSSR count). The Kier molecular flexibility index (Phi) is 16.2. The number of benzene rings is 16. The normalized spacial score (nSPS) is 13.7. The van der Waals surface area contributed by atoms with Crippen molar-refractivity contribution in [2.24, 2.45) is 0 Å². The molecule has 2 atom stereocenters. The van der Waals surface area contributed by atoms with Gasteiger partial charge >= 0.3 is 0 Å². The summed E-state index contributed by atoms with van der Waals surface area (Å²) in [5.41, 5.74) is 28.0. The molecular weight excluding hydrogens is 1440 g/mol. The summed E-state index contributed by atoms with van der Waals surface area (Å²) in [5, 5.41) is 6.84. The standard InChI is InChI=1S/C108H70N10/c1-5-22-69(23-6-1)72-44-50-80(51-45-72)105-110-106(81-52-46-73(47-53-81)70-24-7-2-8-25-70)114-108(113-105)118-98-39-20-16-35-90(98)94-67-65-92-88-33-14-18-37-96(88)116(100(92)102(94)118)86-62-58-76(59-63-86)74-40-42-77(43-41-74)83-30-21-31-84(68-83)78-48-54-82(55-49-78)104-109-103(79-28-11-4-12-29-79)111-107(112-104)117-97-38-19-15-34-89(97)93-66-64-91-87-32-13-17-36-95(87)115(99(91)101(93)117)85-60-56-75(57-61-85)71-26-9-3-10-27-71/h1-68,89,97H. The quantitative estimate of drug-likeness (QED) is 0.107. The first-order chi connectivity index (χ1) is 58.5. The summed E-state index contributed by atoms with van der Waals surface area (Å²) in [7, 11) is 0. The van der Waals surface area contributed by atoms with Crippen LogP contribution >= 0.6 is 0 Å². The van der Waals surface area contributed by atoms with Crippen LogP contribution in [-0.4, -0.2) is 49.6 Å². The number of rotatable bonds is 14. The van der Waals surface area contributed by atoms with Crippen LogP contribution in [0.4, 0.5) is 11.6 Å². The molecule has 118 heavy (non-hydrogen) atoms. The topological polar surface area (TPSA) is 95.4 Å². The van der Waals surface area contributed by atoms with Crippen molar-refractivity contribution in [2.75, 3.05) is 4.90 Å². The van der Waals surface area contributed by atoms with Gasteiger partial charge in [0, 0.05) is 71.9 Å². The monoisotopic (exact) mass is 1510 g/mol. The van der Waals surface area contributed by atoms with Crippen LogP contribution in [0.3, 0.4) is 0 Å². The zero-order valence-corrected chi connectivity index (χ0v) is 63.9. The molecule has 0 N–H and O–H groups in total. The molecule has 1 aliphatic carbocycles. The van der Waals surface area contributed by atoms with E-state index in [0.29, 0.717) is 35.2 Å². The van der Waals surface area contributed by atoms with Crippen molar-refractivity contribution in [2.45, 2.75) is 12.0 Å². The molecule has 0 radical (unpaired) electrons. The predicted molar refractivity (Wildman–Crippen MR) is 484 cm³/mol. The highest BCUT2D eigenvalue weighted by atomic mass is 15.3. The zero-order valence-electron chi connectivity index (χ0n) is 63.9. The lowest BCUT2D eigenvalue weighted by Gasteiger charge is -2.27. The van der Waals surface area contributed by atoms with E-state index in [1.165, 1.54) is 27.5 Å². The molecule has 16 aromatic carbocycles. The van der Waals surface area contributed by atoms with Crippen molar-refractivity contribution in [1.82, 2.24) is 43.6 Å². The lowest BCUT2D eigenvalue weighted by molar-refractivity contribution is 0.728. The Bertz CT molecular complexity index is 7440. The first-order valence-electron chi connectivity index (χ1n) is 40.1. The molecule has 1 aliphatic heterocycles. The molecule has 0 saturated heterocycles. The van der Waals surface area contributed by atoms with Crippen LogP contribution in [0.2, 0.25) is 0 Å². The minimum Gasteiger partial charge on any atom is -0.307 e. The Labute approximate surface area is 680 Å². The fourth-order valence-electron chi connectivity index (χ4n) is 18.0. The number of aromatic nitrogens is 9. The number of nitrogens with zero attached hydrogens (tertiary/aromatic N) is 10. The van der Waals surface area contributed by atoms with Crippen LogP contribution in [0.25, 0.3) is 195 Å². The fraction of sp³-hybridized carbons (Fsp3) is 0.0185. The molecule has 10 heteroatoms. The lowest BCUT2D eigenvalue weighted by Crippen LogP contribution is -2.30. The van der Waals surface area contributed by atoms with E-state index in [1.807, 2.05) is 30.3 Å². The maximum absolute atomic E-state index is 5.52. The molecule has 2 aliphatic rings. The summed E-state index contributed by atoms with van der Waals surface area (Å²) in [4.78, 5) is 34.9. The third-order valence-corrected chi connectivity index (χ3v) is 23.8. The molecule has 2 unspecified atom stereocenters. The molecule has 6 heterocycles. The van der Waals surface area contributed by atoms with Gasteiger partial charge < -0.3 is 14.0 Å². The molecule has 5 aromatic heterocycles. The van der Waals surface area contributed by atoms with Crippen molar-refractivity contribution >= 4 is 77.1 Å². The molecule has 552 valence electrons. The first kappa shape index (κ1) is 67.9. The minimum atomic E-state index is -0.0858. The summed E-state index contributed by atoms with van der Waals surface area (Å²) < 4.78 is 7.13. The minimum absolute atomic E-state index is 0.0632. The number of anilines is 2. The van der Waals surface area contributed by atoms with E-state index in [1.54, 1.807) is 0 Å². The van der Waals surface area contributed by atoms with Gasteiger partial charge in [0.05, 0.1) is 44.8 Å². The second kappa shape index (κ2) is 28.1. The largest absolute Gasteiger partial charge is 0.307 e. The van der Waals surface area contributed by atoms with E-state index < -0.39 is 0 Å². The Morgan fingerprint density at radius 3 is 0.932 bits per heavy atom. The maximum atomic E-state index is 5.52. The zero-order chi connectivity index (χ0) is 77.7. The molecule has 0 bridgehead atoms. The van der Waals surface area contributed by atoms with Gasteiger partial charge in [0.25, 0.3) is 0 Å². The Balaban J connectivity index is 0.572. The van der Waals surface area contributed by atoms with Gasteiger partial charge in [-0.25, -0.2) is 9.97 Å². The highest BCUT2D eigenvalue weighted by Crippen LogP contribution is 2.53. The predicted octanol–water partition coefficient (Wildman–Crippen LogP) is 26.7.